The summed E-state index contributed by atoms with van der Waals surface area (Å²) in [4.78, 5) is 0. The quantitative estimate of drug-likeness (QED) is 0.176. The van der Waals surface area contributed by atoms with E-state index in [1.54, 1.807) is 0 Å². The Kier molecular flexibility index (Phi) is 18.6. The van der Waals surface area contributed by atoms with Crippen LogP contribution in [-0.4, -0.2) is 0 Å². The SMILES string of the molecule is C=C(CCCCCCCCC)CCCCCCCCCCC. The van der Waals surface area contributed by atoms with Gasteiger partial charge in [-0.25, -0.2) is 0 Å². The molecule has 0 saturated carbocycles. The van der Waals surface area contributed by atoms with Gasteiger partial charge in [-0.15, -0.1) is 0 Å². The van der Waals surface area contributed by atoms with E-state index < -0.39 is 0 Å². The van der Waals surface area contributed by atoms with Crippen molar-refractivity contribution in [3.05, 3.63) is 12.2 Å². The standard InChI is InChI=1S/C22H44/c1-4-6-8-10-12-13-15-17-19-21-22(3)20-18-16-14-11-9-7-5-2/h3-21H2,1-2H3. The fourth-order valence-electron chi connectivity index (χ4n) is 3.14. The average molecular weight is 309 g/mol. The average Bonchev–Trinajstić information content (AvgIpc) is 2.52. The van der Waals surface area contributed by atoms with Gasteiger partial charge in [-0.1, -0.05) is 116 Å². The lowest BCUT2D eigenvalue weighted by Gasteiger charge is -2.06. The highest BCUT2D eigenvalue weighted by Gasteiger charge is 1.97. The Labute approximate surface area is 142 Å². The molecule has 0 fully saturated rings. The molecule has 0 aliphatic carbocycles. The molecular weight excluding hydrogens is 264 g/mol. The van der Waals surface area contributed by atoms with Gasteiger partial charge in [-0.3, -0.25) is 0 Å². The van der Waals surface area contributed by atoms with E-state index in [0.29, 0.717) is 0 Å². The molecule has 0 radical (unpaired) electrons. The van der Waals surface area contributed by atoms with Crippen LogP contribution in [0.25, 0.3) is 0 Å². The van der Waals surface area contributed by atoms with Crippen molar-refractivity contribution >= 4 is 0 Å². The second kappa shape index (κ2) is 18.8. The van der Waals surface area contributed by atoms with Gasteiger partial charge in [0.1, 0.15) is 0 Å². The Morgan fingerprint density at radius 1 is 0.455 bits per heavy atom. The van der Waals surface area contributed by atoms with Crippen LogP contribution >= 0.6 is 0 Å². The molecule has 0 nitrogen and oxygen atoms in total. The second-order valence-electron chi connectivity index (χ2n) is 7.20. The van der Waals surface area contributed by atoms with Gasteiger partial charge in [0.15, 0.2) is 0 Å². The topological polar surface area (TPSA) is 0 Å². The van der Waals surface area contributed by atoms with E-state index >= 15 is 0 Å². The van der Waals surface area contributed by atoms with Gasteiger partial charge in [0.25, 0.3) is 0 Å². The fraction of sp³-hybridized carbons (Fsp3) is 0.909. The molecule has 0 spiro atoms. The van der Waals surface area contributed by atoms with Crippen LogP contribution in [0.15, 0.2) is 12.2 Å². The molecule has 0 aliphatic rings. The first-order valence-corrected chi connectivity index (χ1v) is 10.5. The molecule has 0 saturated heterocycles. The van der Waals surface area contributed by atoms with E-state index in [1.807, 2.05) is 0 Å². The van der Waals surface area contributed by atoms with Crippen molar-refractivity contribution < 1.29 is 0 Å². The highest BCUT2D eigenvalue weighted by Crippen LogP contribution is 2.17. The summed E-state index contributed by atoms with van der Waals surface area (Å²) in [5.41, 5.74) is 1.51. The van der Waals surface area contributed by atoms with E-state index in [4.69, 9.17) is 0 Å². The maximum absolute atomic E-state index is 4.27. The zero-order valence-electron chi connectivity index (χ0n) is 15.9. The van der Waals surface area contributed by atoms with E-state index in [2.05, 4.69) is 20.4 Å². The monoisotopic (exact) mass is 308 g/mol. The summed E-state index contributed by atoms with van der Waals surface area (Å²) in [5.74, 6) is 0. The minimum Gasteiger partial charge on any atom is -0.0999 e. The van der Waals surface area contributed by atoms with Crippen LogP contribution in [0.5, 0.6) is 0 Å². The molecule has 0 bridgehead atoms. The lowest BCUT2D eigenvalue weighted by Crippen LogP contribution is -1.86. The zero-order chi connectivity index (χ0) is 16.3. The van der Waals surface area contributed by atoms with E-state index in [0.717, 1.165) is 0 Å². The van der Waals surface area contributed by atoms with Crippen molar-refractivity contribution in [2.45, 2.75) is 129 Å². The molecule has 0 N–H and O–H groups in total. The Morgan fingerprint density at radius 2 is 0.727 bits per heavy atom. The molecule has 0 aromatic carbocycles. The van der Waals surface area contributed by atoms with Crippen molar-refractivity contribution in [3.63, 3.8) is 0 Å². The third-order valence-electron chi connectivity index (χ3n) is 4.77. The Morgan fingerprint density at radius 3 is 1.05 bits per heavy atom. The summed E-state index contributed by atoms with van der Waals surface area (Å²) in [5, 5.41) is 0. The van der Waals surface area contributed by atoms with Crippen molar-refractivity contribution in [1.82, 2.24) is 0 Å². The summed E-state index contributed by atoms with van der Waals surface area (Å²) < 4.78 is 0. The molecule has 0 rings (SSSR count). The van der Waals surface area contributed by atoms with E-state index in [1.165, 1.54) is 121 Å². The van der Waals surface area contributed by atoms with Gasteiger partial charge in [-0.2, -0.15) is 0 Å². The van der Waals surface area contributed by atoms with Crippen molar-refractivity contribution in [2.75, 3.05) is 0 Å². The number of hydrogen-bond acceptors (Lipinski definition) is 0. The van der Waals surface area contributed by atoms with Gasteiger partial charge < -0.3 is 0 Å². The van der Waals surface area contributed by atoms with Crippen molar-refractivity contribution in [3.8, 4) is 0 Å². The summed E-state index contributed by atoms with van der Waals surface area (Å²) in [7, 11) is 0. The van der Waals surface area contributed by atoms with E-state index in [-0.39, 0.29) is 0 Å². The number of unbranched alkanes of at least 4 members (excludes halogenated alkanes) is 14. The van der Waals surface area contributed by atoms with Crippen LogP contribution in [0.4, 0.5) is 0 Å². The molecule has 0 unspecified atom stereocenters. The normalized spacial score (nSPS) is 11.0. The molecule has 0 heterocycles. The van der Waals surface area contributed by atoms with Gasteiger partial charge in [-0.05, 0) is 25.7 Å². The maximum Gasteiger partial charge on any atom is -0.0323 e. The first-order valence-electron chi connectivity index (χ1n) is 10.5. The molecule has 0 aromatic heterocycles. The maximum atomic E-state index is 4.27. The number of allylic oxidation sites excluding steroid dienone is 1. The highest BCUT2D eigenvalue weighted by molar-refractivity contribution is 4.93. The van der Waals surface area contributed by atoms with Crippen LogP contribution in [0.1, 0.15) is 129 Å². The van der Waals surface area contributed by atoms with Gasteiger partial charge >= 0.3 is 0 Å². The van der Waals surface area contributed by atoms with Crippen molar-refractivity contribution in [2.24, 2.45) is 0 Å². The third kappa shape index (κ3) is 17.8. The van der Waals surface area contributed by atoms with Crippen LogP contribution in [-0.2, 0) is 0 Å². The minimum absolute atomic E-state index is 1.28. The lowest BCUT2D eigenvalue weighted by atomic mass is 10.0. The predicted molar refractivity (Wildman–Crippen MR) is 104 cm³/mol. The fourth-order valence-corrected chi connectivity index (χ4v) is 3.14. The first-order chi connectivity index (χ1) is 10.8. The minimum atomic E-state index is 1.28. The second-order valence-corrected chi connectivity index (χ2v) is 7.20. The first kappa shape index (κ1) is 21.7. The number of rotatable bonds is 18. The molecular formula is C22H44. The smallest absolute Gasteiger partial charge is 0.0323 e. The summed E-state index contributed by atoms with van der Waals surface area (Å²) >= 11 is 0. The lowest BCUT2D eigenvalue weighted by molar-refractivity contribution is 0.558. The Hall–Kier alpha value is -0.260. The van der Waals surface area contributed by atoms with Gasteiger partial charge in [0, 0.05) is 0 Å². The van der Waals surface area contributed by atoms with Crippen LogP contribution in [0.3, 0.4) is 0 Å². The van der Waals surface area contributed by atoms with Crippen molar-refractivity contribution in [1.29, 1.82) is 0 Å². The van der Waals surface area contributed by atoms with Crippen LogP contribution < -0.4 is 0 Å². The molecule has 0 heteroatoms. The summed E-state index contributed by atoms with van der Waals surface area (Å²) in [6.45, 7) is 8.85. The highest BCUT2D eigenvalue weighted by atomic mass is 14.0. The van der Waals surface area contributed by atoms with E-state index in [9.17, 15) is 0 Å². The molecule has 0 aliphatic heterocycles. The Balaban J connectivity index is 3.13. The number of hydrogen-bond donors (Lipinski definition) is 0. The van der Waals surface area contributed by atoms with Gasteiger partial charge in [0.05, 0.1) is 0 Å². The Bertz CT molecular complexity index is 216. The third-order valence-corrected chi connectivity index (χ3v) is 4.77. The summed E-state index contributed by atoms with van der Waals surface area (Å²) in [6.07, 6.45) is 25.3. The molecule has 0 atom stereocenters. The predicted octanol–water partition coefficient (Wildman–Crippen LogP) is 8.60. The van der Waals surface area contributed by atoms with Crippen LogP contribution in [0.2, 0.25) is 0 Å². The zero-order valence-corrected chi connectivity index (χ0v) is 15.9. The van der Waals surface area contributed by atoms with Crippen LogP contribution in [0, 0.1) is 0 Å². The van der Waals surface area contributed by atoms with Gasteiger partial charge in [0.2, 0.25) is 0 Å². The molecule has 0 aromatic rings. The molecule has 0 amide bonds. The molecule has 132 valence electrons. The largest absolute Gasteiger partial charge is 0.0999 e. The molecule has 22 heavy (non-hydrogen) atoms. The summed E-state index contributed by atoms with van der Waals surface area (Å²) in [6, 6.07) is 0.